The third kappa shape index (κ3) is 7.69. The van der Waals surface area contributed by atoms with E-state index in [0.717, 1.165) is 62.8 Å². The Kier molecular flexibility index (Phi) is 10.2. The van der Waals surface area contributed by atoms with Crippen LogP contribution in [0.4, 0.5) is 4.39 Å². The summed E-state index contributed by atoms with van der Waals surface area (Å²) in [5.41, 5.74) is 7.63. The van der Waals surface area contributed by atoms with Crippen LogP contribution in [0.15, 0.2) is 85.8 Å². The van der Waals surface area contributed by atoms with Gasteiger partial charge in [0.25, 0.3) is 0 Å². The molecule has 0 bridgehead atoms. The van der Waals surface area contributed by atoms with Crippen LogP contribution in [-0.4, -0.2) is 35.5 Å². The molecule has 1 aromatic rings. The highest BCUT2D eigenvalue weighted by Gasteiger charge is 2.27. The van der Waals surface area contributed by atoms with Gasteiger partial charge in [0.05, 0.1) is 17.4 Å². The number of hydrogen-bond donors (Lipinski definition) is 2. The number of azo groups is 1. The zero-order valence-electron chi connectivity index (χ0n) is 25.4. The molecule has 0 saturated heterocycles. The Balaban J connectivity index is 1.25. The quantitative estimate of drug-likeness (QED) is 0.173. The molecule has 2 aliphatic carbocycles. The minimum atomic E-state index is -0.419. The average molecular weight is 583 g/mol. The van der Waals surface area contributed by atoms with Gasteiger partial charge >= 0.3 is 0 Å². The molecule has 5 rings (SSSR count). The highest BCUT2D eigenvalue weighted by Crippen LogP contribution is 2.41. The van der Waals surface area contributed by atoms with E-state index in [-0.39, 0.29) is 42.9 Å². The minimum absolute atomic E-state index is 0.111. The molecule has 2 N–H and O–H groups in total. The lowest BCUT2D eigenvalue weighted by atomic mass is 9.83. The van der Waals surface area contributed by atoms with Crippen LogP contribution < -0.4 is 0 Å². The third-order valence-corrected chi connectivity index (χ3v) is 9.07. The smallest absolute Gasteiger partial charge is 0.168 e. The number of ketones is 1. The van der Waals surface area contributed by atoms with Crippen molar-refractivity contribution in [1.82, 2.24) is 0 Å². The molecular formula is C36H43FN4O2. The summed E-state index contributed by atoms with van der Waals surface area (Å²) < 4.78 is 15.5. The Bertz CT molecular complexity index is 1470. The molecule has 0 aromatic heterocycles. The first-order chi connectivity index (χ1) is 20.8. The molecule has 2 heterocycles. The second-order valence-electron chi connectivity index (χ2n) is 12.2. The number of aliphatic hydroxyl groups excluding tert-OH is 1. The summed E-state index contributed by atoms with van der Waals surface area (Å²) in [7, 11) is 0. The molecule has 1 saturated carbocycles. The van der Waals surface area contributed by atoms with Gasteiger partial charge in [-0.3, -0.25) is 9.79 Å². The number of benzene rings is 1. The standard InChI is InChI=1S/C36H43FN4O2/c1-3-24-12-13-29(39-22-24)17-25-8-10-26(11-9-25)18-34-30-7-5-4-6-27(19-35(30)41-40-34)32-16-23(2)31(21-33(32)37)36(43)20-28(38)14-15-42/h4,6,12,16-18,21-22,26-27,29,38,42H,3,5,7-11,13-15,19-20H2,1-2H3/b6-4+,25-17?,34-18?,38-28?. The monoisotopic (exact) mass is 582 g/mol. The van der Waals surface area contributed by atoms with Gasteiger partial charge in [-0.1, -0.05) is 48.9 Å². The normalized spacial score (nSPS) is 25.3. The van der Waals surface area contributed by atoms with E-state index in [1.54, 1.807) is 6.07 Å². The van der Waals surface area contributed by atoms with Crippen LogP contribution in [0.1, 0.15) is 105 Å². The van der Waals surface area contributed by atoms with Gasteiger partial charge in [0.2, 0.25) is 0 Å². The van der Waals surface area contributed by atoms with Crippen LogP contribution >= 0.6 is 0 Å². The van der Waals surface area contributed by atoms with Crippen molar-refractivity contribution in [3.05, 3.63) is 93.1 Å². The number of allylic oxidation sites excluding steroid dienone is 7. The molecule has 0 radical (unpaired) electrons. The van der Waals surface area contributed by atoms with Crippen LogP contribution in [0, 0.1) is 24.1 Å². The Morgan fingerprint density at radius 3 is 2.70 bits per heavy atom. The maximum Gasteiger partial charge on any atom is 0.168 e. The van der Waals surface area contributed by atoms with Gasteiger partial charge in [0, 0.05) is 54.9 Å². The molecule has 0 spiro atoms. The number of rotatable bonds is 9. The third-order valence-electron chi connectivity index (χ3n) is 9.07. The average Bonchev–Trinajstić information content (AvgIpc) is 3.34. The maximum atomic E-state index is 15.5. The predicted octanol–water partition coefficient (Wildman–Crippen LogP) is 8.83. The lowest BCUT2D eigenvalue weighted by Crippen LogP contribution is -2.12. The lowest BCUT2D eigenvalue weighted by molar-refractivity contribution is 0.0998. The van der Waals surface area contributed by atoms with Crippen molar-refractivity contribution in [2.24, 2.45) is 21.1 Å². The summed E-state index contributed by atoms with van der Waals surface area (Å²) in [6.45, 7) is 3.81. The van der Waals surface area contributed by atoms with Crippen molar-refractivity contribution in [2.75, 3.05) is 6.61 Å². The molecule has 0 amide bonds. The van der Waals surface area contributed by atoms with Crippen molar-refractivity contribution in [3.8, 4) is 0 Å². The van der Waals surface area contributed by atoms with E-state index >= 15 is 4.39 Å². The number of aliphatic imine (C=N–C) groups is 1. The van der Waals surface area contributed by atoms with Crippen LogP contribution in [-0.2, 0) is 0 Å². The van der Waals surface area contributed by atoms with Crippen molar-refractivity contribution in [2.45, 2.75) is 96.4 Å². The van der Waals surface area contributed by atoms with E-state index in [9.17, 15) is 4.79 Å². The Hall–Kier alpha value is -3.58. The molecule has 2 atom stereocenters. The number of nitrogens with zero attached hydrogens (tertiary/aromatic N) is 3. The number of hydrogen-bond acceptors (Lipinski definition) is 6. The number of carbonyl (C=O) groups excluding carboxylic acids is 1. The van der Waals surface area contributed by atoms with Gasteiger partial charge in [-0.15, -0.1) is 0 Å². The largest absolute Gasteiger partial charge is 0.396 e. The summed E-state index contributed by atoms with van der Waals surface area (Å²) in [4.78, 5) is 17.4. The van der Waals surface area contributed by atoms with Crippen molar-refractivity contribution in [3.63, 3.8) is 0 Å². The van der Waals surface area contributed by atoms with E-state index < -0.39 is 5.82 Å². The zero-order chi connectivity index (χ0) is 30.3. The van der Waals surface area contributed by atoms with E-state index in [1.165, 1.54) is 22.8 Å². The fourth-order valence-electron chi connectivity index (χ4n) is 6.50. The van der Waals surface area contributed by atoms with E-state index in [1.807, 2.05) is 13.1 Å². The first kappa shape index (κ1) is 30.9. The molecule has 1 fully saturated rings. The Morgan fingerprint density at radius 1 is 1.16 bits per heavy atom. The van der Waals surface area contributed by atoms with Gasteiger partial charge < -0.3 is 10.5 Å². The van der Waals surface area contributed by atoms with E-state index in [0.29, 0.717) is 29.0 Å². The SMILES string of the molecule is CCC1=CCC(C=C2CCC(C=C3N=NC4=C3CC/C=C/C(c3cc(C)c(C(=O)CC(=N)CCO)cc3F)C4)CC2)N=C1. The summed E-state index contributed by atoms with van der Waals surface area (Å²) in [6, 6.07) is 3.36. The number of dihydropyridines is 1. The molecule has 7 heteroatoms. The molecule has 6 nitrogen and oxygen atoms in total. The van der Waals surface area contributed by atoms with Crippen LogP contribution in [0.3, 0.4) is 0 Å². The summed E-state index contributed by atoms with van der Waals surface area (Å²) in [6.07, 6.45) is 22.0. The molecule has 226 valence electrons. The summed E-state index contributed by atoms with van der Waals surface area (Å²) in [5, 5.41) is 26.1. The summed E-state index contributed by atoms with van der Waals surface area (Å²) >= 11 is 0. The Morgan fingerprint density at radius 2 is 1.98 bits per heavy atom. The minimum Gasteiger partial charge on any atom is -0.396 e. The van der Waals surface area contributed by atoms with Crippen molar-refractivity contribution >= 4 is 17.7 Å². The van der Waals surface area contributed by atoms with Crippen LogP contribution in [0.5, 0.6) is 0 Å². The number of carbonyl (C=O) groups is 1. The van der Waals surface area contributed by atoms with E-state index in [4.69, 9.17) is 15.5 Å². The first-order valence-electron chi connectivity index (χ1n) is 15.8. The number of nitrogens with one attached hydrogen (secondary N) is 1. The lowest BCUT2D eigenvalue weighted by Gasteiger charge is -2.23. The van der Waals surface area contributed by atoms with Crippen molar-refractivity contribution < 1.29 is 14.3 Å². The fourth-order valence-corrected chi connectivity index (χ4v) is 6.50. The summed E-state index contributed by atoms with van der Waals surface area (Å²) in [5.74, 6) is -0.445. The van der Waals surface area contributed by atoms with Crippen LogP contribution in [0.2, 0.25) is 0 Å². The van der Waals surface area contributed by atoms with Gasteiger partial charge in [0.15, 0.2) is 5.78 Å². The second-order valence-corrected chi connectivity index (χ2v) is 12.2. The van der Waals surface area contributed by atoms with Gasteiger partial charge in [-0.25, -0.2) is 4.39 Å². The fraction of sp³-hybridized carbons (Fsp3) is 0.472. The molecule has 4 aliphatic rings. The topological polar surface area (TPSA) is 98.2 Å². The molecule has 43 heavy (non-hydrogen) atoms. The molecule has 2 aliphatic heterocycles. The highest BCUT2D eigenvalue weighted by molar-refractivity contribution is 6.09. The number of Topliss-reactive ketones (excluding diaryl/α,β-unsaturated/α-hetero) is 1. The zero-order valence-corrected chi connectivity index (χ0v) is 25.4. The molecular weight excluding hydrogens is 539 g/mol. The van der Waals surface area contributed by atoms with Crippen LogP contribution in [0.25, 0.3) is 0 Å². The Labute approximate surface area is 254 Å². The number of halogens is 1. The second kappa shape index (κ2) is 14.3. The van der Waals surface area contributed by atoms with Gasteiger partial charge in [-0.2, -0.15) is 10.2 Å². The number of aryl methyl sites for hydroxylation is 1. The predicted molar refractivity (Wildman–Crippen MR) is 171 cm³/mol. The van der Waals surface area contributed by atoms with Gasteiger partial charge in [0.1, 0.15) is 5.82 Å². The molecule has 2 unspecified atom stereocenters. The molecule has 1 aromatic carbocycles. The number of aliphatic hydroxyl groups is 1. The van der Waals surface area contributed by atoms with E-state index in [2.05, 4.69) is 47.5 Å². The maximum absolute atomic E-state index is 15.5. The van der Waals surface area contributed by atoms with Crippen molar-refractivity contribution in [1.29, 1.82) is 5.41 Å². The first-order valence-corrected chi connectivity index (χ1v) is 15.8. The van der Waals surface area contributed by atoms with Gasteiger partial charge in [-0.05, 0) is 87.0 Å². The highest BCUT2D eigenvalue weighted by atomic mass is 19.1.